The Labute approximate surface area is 128 Å². The van der Waals surface area contributed by atoms with Crippen LogP contribution in [0.25, 0.3) is 10.8 Å². The van der Waals surface area contributed by atoms with Crippen LogP contribution < -0.4 is 5.73 Å². The number of rotatable bonds is 0. The van der Waals surface area contributed by atoms with Crippen molar-refractivity contribution in [3.8, 4) is 0 Å². The maximum absolute atomic E-state index is 9.19. The SMILES string of the molecule is CC.CN.CO.CS(=O)(=O)O.c1ccc2ccccc2c1. The summed E-state index contributed by atoms with van der Waals surface area (Å²) in [6, 6.07) is 16.7. The normalized spacial score (nSPS) is 8.38. The molecule has 0 heterocycles. The number of aliphatic hydroxyl groups excluding tert-OH is 1. The Morgan fingerprint density at radius 3 is 1.10 bits per heavy atom. The number of benzene rings is 2. The van der Waals surface area contributed by atoms with E-state index < -0.39 is 10.1 Å². The van der Waals surface area contributed by atoms with Crippen molar-refractivity contribution in [2.75, 3.05) is 20.4 Å². The van der Waals surface area contributed by atoms with Gasteiger partial charge in [-0.1, -0.05) is 62.4 Å². The van der Waals surface area contributed by atoms with Crippen LogP contribution in [0.3, 0.4) is 0 Å². The molecule has 2 rings (SSSR count). The minimum absolute atomic E-state index is 0.715. The highest BCUT2D eigenvalue weighted by atomic mass is 32.2. The molecule has 0 aromatic heterocycles. The molecule has 0 radical (unpaired) electrons. The molecule has 0 aliphatic heterocycles. The van der Waals surface area contributed by atoms with Crippen LogP contribution in [0.4, 0.5) is 0 Å². The molecule has 0 bridgehead atoms. The summed E-state index contributed by atoms with van der Waals surface area (Å²) in [6.07, 6.45) is 0.715. The summed E-state index contributed by atoms with van der Waals surface area (Å²) in [4.78, 5) is 0. The zero-order valence-electron chi connectivity index (χ0n) is 13.3. The van der Waals surface area contributed by atoms with Gasteiger partial charge in [-0.05, 0) is 17.8 Å². The van der Waals surface area contributed by atoms with E-state index in [1.165, 1.54) is 17.8 Å². The van der Waals surface area contributed by atoms with Crippen molar-refractivity contribution in [2.24, 2.45) is 5.73 Å². The van der Waals surface area contributed by atoms with E-state index in [1.807, 2.05) is 13.8 Å². The highest BCUT2D eigenvalue weighted by molar-refractivity contribution is 7.85. The molecule has 0 saturated carbocycles. The minimum Gasteiger partial charge on any atom is -0.400 e. The summed E-state index contributed by atoms with van der Waals surface area (Å²) >= 11 is 0. The summed E-state index contributed by atoms with van der Waals surface area (Å²) in [5, 5.41) is 9.62. The molecule has 2 aromatic carbocycles. The van der Waals surface area contributed by atoms with Crippen LogP contribution in [-0.4, -0.2) is 38.5 Å². The van der Waals surface area contributed by atoms with Crippen molar-refractivity contribution in [1.29, 1.82) is 0 Å². The molecule has 5 nitrogen and oxygen atoms in total. The number of hydrogen-bond donors (Lipinski definition) is 3. The van der Waals surface area contributed by atoms with Crippen LogP contribution in [0.5, 0.6) is 0 Å². The van der Waals surface area contributed by atoms with Gasteiger partial charge in [0.15, 0.2) is 0 Å². The smallest absolute Gasteiger partial charge is 0.261 e. The van der Waals surface area contributed by atoms with Crippen molar-refractivity contribution in [1.82, 2.24) is 0 Å². The fourth-order valence-corrected chi connectivity index (χ4v) is 1.13. The third-order valence-corrected chi connectivity index (χ3v) is 1.66. The zero-order chi connectivity index (χ0) is 17.3. The molecule has 0 fully saturated rings. The first kappa shape index (κ1) is 24.5. The van der Waals surface area contributed by atoms with Gasteiger partial charge in [0.1, 0.15) is 0 Å². The molecule has 0 aliphatic carbocycles. The lowest BCUT2D eigenvalue weighted by molar-refractivity contribution is 0.399. The maximum Gasteiger partial charge on any atom is 0.261 e. The van der Waals surface area contributed by atoms with Gasteiger partial charge in [0.05, 0.1) is 6.26 Å². The first-order chi connectivity index (χ1) is 9.97. The van der Waals surface area contributed by atoms with Gasteiger partial charge >= 0.3 is 0 Å². The summed E-state index contributed by atoms with van der Waals surface area (Å²) in [5.41, 5.74) is 4.50. The van der Waals surface area contributed by atoms with Gasteiger partial charge in [0, 0.05) is 7.11 Å². The van der Waals surface area contributed by atoms with Crippen LogP contribution >= 0.6 is 0 Å². The maximum atomic E-state index is 9.19. The van der Waals surface area contributed by atoms with Crippen molar-refractivity contribution >= 4 is 20.9 Å². The van der Waals surface area contributed by atoms with E-state index >= 15 is 0 Å². The van der Waals surface area contributed by atoms with Crippen LogP contribution in [-0.2, 0) is 10.1 Å². The zero-order valence-corrected chi connectivity index (χ0v) is 14.1. The van der Waals surface area contributed by atoms with Gasteiger partial charge in [-0.25, -0.2) is 0 Å². The second kappa shape index (κ2) is 16.6. The van der Waals surface area contributed by atoms with Gasteiger partial charge < -0.3 is 10.8 Å². The summed E-state index contributed by atoms with van der Waals surface area (Å²) < 4.78 is 25.9. The first-order valence-corrected chi connectivity index (χ1v) is 8.20. The largest absolute Gasteiger partial charge is 0.400 e. The monoisotopic (exact) mass is 317 g/mol. The van der Waals surface area contributed by atoms with E-state index in [0.717, 1.165) is 7.11 Å². The fourth-order valence-electron chi connectivity index (χ4n) is 1.13. The van der Waals surface area contributed by atoms with E-state index in [2.05, 4.69) is 54.3 Å². The Kier molecular flexibility index (Phi) is 19.4. The average Bonchev–Trinajstić information content (AvgIpc) is 2.52. The van der Waals surface area contributed by atoms with Crippen LogP contribution in [0.1, 0.15) is 13.8 Å². The molecular weight excluding hydrogens is 290 g/mol. The van der Waals surface area contributed by atoms with Gasteiger partial charge in [0.2, 0.25) is 0 Å². The van der Waals surface area contributed by atoms with Crippen LogP contribution in [0, 0.1) is 0 Å². The van der Waals surface area contributed by atoms with Crippen molar-refractivity contribution in [2.45, 2.75) is 13.8 Å². The molecule has 0 spiro atoms. The van der Waals surface area contributed by atoms with E-state index in [1.54, 1.807) is 0 Å². The molecule has 0 atom stereocenters. The average molecular weight is 317 g/mol. The Morgan fingerprint density at radius 1 is 0.810 bits per heavy atom. The highest BCUT2D eigenvalue weighted by Gasteiger charge is 1.85. The second-order valence-electron chi connectivity index (χ2n) is 3.08. The van der Waals surface area contributed by atoms with E-state index in [9.17, 15) is 8.42 Å². The number of hydrogen-bond acceptors (Lipinski definition) is 4. The van der Waals surface area contributed by atoms with Crippen molar-refractivity contribution in [3.63, 3.8) is 0 Å². The van der Waals surface area contributed by atoms with E-state index in [4.69, 9.17) is 9.66 Å². The Hall–Kier alpha value is -1.47. The van der Waals surface area contributed by atoms with Gasteiger partial charge in [0.25, 0.3) is 10.1 Å². The van der Waals surface area contributed by atoms with Crippen molar-refractivity contribution in [3.05, 3.63) is 48.5 Å². The summed E-state index contributed by atoms with van der Waals surface area (Å²) in [5.74, 6) is 0. The Balaban J connectivity index is -0.000000253. The second-order valence-corrected chi connectivity index (χ2v) is 4.55. The number of aliphatic hydroxyl groups is 1. The summed E-state index contributed by atoms with van der Waals surface area (Å²) in [6.45, 7) is 4.00. The van der Waals surface area contributed by atoms with Gasteiger partial charge in [-0.15, -0.1) is 0 Å². The third-order valence-electron chi connectivity index (χ3n) is 1.66. The van der Waals surface area contributed by atoms with E-state index in [0.29, 0.717) is 6.26 Å². The number of fused-ring (bicyclic) bond motifs is 1. The lowest BCUT2D eigenvalue weighted by Gasteiger charge is -1.92. The molecule has 0 unspecified atom stereocenters. The minimum atomic E-state index is -3.67. The molecular formula is C15H27NO4S. The standard InChI is InChI=1S/C10H8.C2H6.CH5N.CH4O3S.CH4O/c1-2-6-10-8-4-3-7-9(10)5-1;2*1-2;1-5(2,3)4;1-2/h1-8H;1-2H3;2H2,1H3;1H3,(H,2,3,4);2H,1H3. The predicted molar refractivity (Wildman–Crippen MR) is 91.0 cm³/mol. The lowest BCUT2D eigenvalue weighted by atomic mass is 10.1. The fraction of sp³-hybridized carbons (Fsp3) is 0.333. The summed E-state index contributed by atoms with van der Waals surface area (Å²) in [7, 11) is -1.17. The number of nitrogens with two attached hydrogens (primary N) is 1. The molecule has 0 aliphatic rings. The van der Waals surface area contributed by atoms with Crippen molar-refractivity contribution < 1.29 is 18.1 Å². The highest BCUT2D eigenvalue weighted by Crippen LogP contribution is 2.11. The predicted octanol–water partition coefficient (Wildman–Crippen LogP) is 2.55. The quantitative estimate of drug-likeness (QED) is 0.648. The molecule has 21 heavy (non-hydrogen) atoms. The van der Waals surface area contributed by atoms with E-state index in [-0.39, 0.29) is 0 Å². The lowest BCUT2D eigenvalue weighted by Crippen LogP contribution is -1.88. The van der Waals surface area contributed by atoms with Gasteiger partial charge in [-0.2, -0.15) is 8.42 Å². The van der Waals surface area contributed by atoms with Crippen LogP contribution in [0.15, 0.2) is 48.5 Å². The Morgan fingerprint density at radius 2 is 0.952 bits per heavy atom. The first-order valence-electron chi connectivity index (χ1n) is 6.35. The third kappa shape index (κ3) is 18.5. The molecule has 122 valence electrons. The molecule has 0 amide bonds. The molecule has 0 saturated heterocycles. The Bertz CT molecular complexity index is 469. The van der Waals surface area contributed by atoms with Gasteiger partial charge in [-0.3, -0.25) is 4.55 Å². The topological polar surface area (TPSA) is 101 Å². The molecule has 6 heteroatoms. The molecule has 2 aromatic rings. The van der Waals surface area contributed by atoms with Crippen LogP contribution in [0.2, 0.25) is 0 Å². The molecule has 4 N–H and O–H groups in total.